The fraction of sp³-hybridized carbons (Fsp3) is 0.800. The average Bonchev–Trinajstić information content (AvgIpc) is 2.15. The fourth-order valence-corrected chi connectivity index (χ4v) is 1.54. The van der Waals surface area contributed by atoms with Crippen LogP contribution < -0.4 is 5.73 Å². The lowest BCUT2D eigenvalue weighted by Gasteiger charge is -2.26. The SMILES string of the molecule is CC(O)CN(C)C(=O)C(C(N)=NO)C(C)C. The number of carbonyl (C=O) groups excluding carboxylic acids is 1. The van der Waals surface area contributed by atoms with Gasteiger partial charge in [0.15, 0.2) is 5.84 Å². The first-order valence-corrected chi connectivity index (χ1v) is 5.21. The van der Waals surface area contributed by atoms with Crippen molar-refractivity contribution in [2.75, 3.05) is 13.6 Å². The summed E-state index contributed by atoms with van der Waals surface area (Å²) in [6.07, 6.45) is -0.603. The highest BCUT2D eigenvalue weighted by atomic mass is 16.4. The molecule has 0 aromatic rings. The summed E-state index contributed by atoms with van der Waals surface area (Å²) in [7, 11) is 1.58. The molecule has 6 heteroatoms. The Balaban J connectivity index is 4.75. The van der Waals surface area contributed by atoms with E-state index in [0.29, 0.717) is 0 Å². The van der Waals surface area contributed by atoms with Gasteiger partial charge in [0.2, 0.25) is 5.91 Å². The summed E-state index contributed by atoms with van der Waals surface area (Å²) < 4.78 is 0. The second kappa shape index (κ2) is 6.32. The molecule has 0 saturated heterocycles. The minimum Gasteiger partial charge on any atom is -0.409 e. The second-order valence-corrected chi connectivity index (χ2v) is 4.31. The molecular weight excluding hydrogens is 210 g/mol. The fourth-order valence-electron chi connectivity index (χ4n) is 1.54. The number of aliphatic hydroxyl groups is 1. The number of oxime groups is 1. The number of rotatable bonds is 5. The van der Waals surface area contributed by atoms with Crippen LogP contribution in [0.2, 0.25) is 0 Å². The number of hydrogen-bond donors (Lipinski definition) is 3. The molecule has 0 aliphatic carbocycles. The molecule has 0 aromatic heterocycles. The van der Waals surface area contributed by atoms with Crippen LogP contribution in [0, 0.1) is 11.8 Å². The van der Waals surface area contributed by atoms with Crippen molar-refractivity contribution in [3.05, 3.63) is 0 Å². The van der Waals surface area contributed by atoms with E-state index in [2.05, 4.69) is 5.16 Å². The van der Waals surface area contributed by atoms with E-state index >= 15 is 0 Å². The Bertz CT molecular complexity index is 264. The van der Waals surface area contributed by atoms with Crippen molar-refractivity contribution in [2.45, 2.75) is 26.9 Å². The van der Waals surface area contributed by atoms with Gasteiger partial charge >= 0.3 is 0 Å². The maximum atomic E-state index is 12.0. The topological polar surface area (TPSA) is 99.2 Å². The van der Waals surface area contributed by atoms with Crippen LogP contribution in [0.1, 0.15) is 20.8 Å². The van der Waals surface area contributed by atoms with Crippen molar-refractivity contribution in [1.29, 1.82) is 0 Å². The number of carbonyl (C=O) groups is 1. The molecule has 2 atom stereocenters. The van der Waals surface area contributed by atoms with Crippen molar-refractivity contribution < 1.29 is 15.1 Å². The van der Waals surface area contributed by atoms with Gasteiger partial charge in [0.1, 0.15) is 5.92 Å². The zero-order chi connectivity index (χ0) is 12.9. The molecule has 0 aliphatic heterocycles. The molecule has 2 unspecified atom stereocenters. The van der Waals surface area contributed by atoms with Gasteiger partial charge in [0.05, 0.1) is 6.10 Å². The lowest BCUT2D eigenvalue weighted by atomic mass is 9.93. The lowest BCUT2D eigenvalue weighted by molar-refractivity contribution is -0.134. The Morgan fingerprint density at radius 3 is 2.25 bits per heavy atom. The first-order chi connectivity index (χ1) is 7.31. The monoisotopic (exact) mass is 231 g/mol. The molecule has 0 radical (unpaired) electrons. The van der Waals surface area contributed by atoms with Crippen LogP contribution in [0.3, 0.4) is 0 Å². The van der Waals surface area contributed by atoms with Gasteiger partial charge in [0.25, 0.3) is 0 Å². The van der Waals surface area contributed by atoms with Crippen molar-refractivity contribution in [3.63, 3.8) is 0 Å². The smallest absolute Gasteiger partial charge is 0.233 e. The van der Waals surface area contributed by atoms with Crippen LogP contribution in [-0.2, 0) is 4.79 Å². The van der Waals surface area contributed by atoms with E-state index < -0.39 is 12.0 Å². The summed E-state index contributed by atoms with van der Waals surface area (Å²) in [5.41, 5.74) is 5.48. The molecule has 0 heterocycles. The predicted molar refractivity (Wildman–Crippen MR) is 61.1 cm³/mol. The number of amides is 1. The molecule has 94 valence electrons. The van der Waals surface area contributed by atoms with Gasteiger partial charge in [-0.15, -0.1) is 0 Å². The molecule has 0 bridgehead atoms. The van der Waals surface area contributed by atoms with E-state index in [1.54, 1.807) is 14.0 Å². The summed E-state index contributed by atoms with van der Waals surface area (Å²) in [6, 6.07) is 0. The molecule has 0 aromatic carbocycles. The molecular formula is C10H21N3O3. The average molecular weight is 231 g/mol. The van der Waals surface area contributed by atoms with Crippen LogP contribution in [0.4, 0.5) is 0 Å². The molecule has 6 nitrogen and oxygen atoms in total. The Hall–Kier alpha value is -1.30. The first kappa shape index (κ1) is 14.7. The van der Waals surface area contributed by atoms with Gasteiger partial charge in [-0.05, 0) is 12.8 Å². The van der Waals surface area contributed by atoms with Gasteiger partial charge in [-0.2, -0.15) is 0 Å². The number of aliphatic hydroxyl groups excluding tert-OH is 1. The van der Waals surface area contributed by atoms with Gasteiger partial charge in [-0.3, -0.25) is 4.79 Å². The van der Waals surface area contributed by atoms with E-state index in [1.807, 2.05) is 13.8 Å². The minimum atomic E-state index is -0.659. The zero-order valence-corrected chi connectivity index (χ0v) is 10.2. The normalized spacial score (nSPS) is 16.0. The van der Waals surface area contributed by atoms with Crippen LogP contribution in [-0.4, -0.2) is 46.7 Å². The highest BCUT2D eigenvalue weighted by molar-refractivity contribution is 6.02. The van der Waals surface area contributed by atoms with Crippen molar-refractivity contribution >= 4 is 11.7 Å². The highest BCUT2D eigenvalue weighted by Crippen LogP contribution is 2.14. The van der Waals surface area contributed by atoms with E-state index in [0.717, 1.165) is 0 Å². The van der Waals surface area contributed by atoms with E-state index in [4.69, 9.17) is 10.9 Å². The van der Waals surface area contributed by atoms with Crippen LogP contribution in [0.5, 0.6) is 0 Å². The largest absolute Gasteiger partial charge is 0.409 e. The van der Waals surface area contributed by atoms with Crippen molar-refractivity contribution in [3.8, 4) is 0 Å². The standard InChI is InChI=1S/C10H21N3O3/c1-6(2)8(9(11)12-16)10(15)13(4)5-7(3)14/h6-8,14,16H,5H2,1-4H3,(H2,11,12). The quantitative estimate of drug-likeness (QED) is 0.265. The third-order valence-corrected chi connectivity index (χ3v) is 2.28. The first-order valence-electron chi connectivity index (χ1n) is 5.21. The highest BCUT2D eigenvalue weighted by Gasteiger charge is 2.29. The maximum Gasteiger partial charge on any atom is 0.233 e. The van der Waals surface area contributed by atoms with Crippen molar-refractivity contribution in [2.24, 2.45) is 22.7 Å². The third kappa shape index (κ3) is 4.06. The number of hydrogen-bond acceptors (Lipinski definition) is 4. The summed E-state index contributed by atoms with van der Waals surface area (Å²) in [5, 5.41) is 20.7. The van der Waals surface area contributed by atoms with E-state index in [1.165, 1.54) is 4.90 Å². The summed E-state index contributed by atoms with van der Waals surface area (Å²) in [5.74, 6) is -1.09. The molecule has 0 saturated carbocycles. The van der Waals surface area contributed by atoms with Crippen molar-refractivity contribution in [1.82, 2.24) is 4.90 Å². The lowest BCUT2D eigenvalue weighted by Crippen LogP contribution is -2.44. The number of amidine groups is 1. The predicted octanol–water partition coefficient (Wildman–Crippen LogP) is -0.156. The molecule has 0 rings (SSSR count). The Kier molecular flexibility index (Phi) is 5.81. The van der Waals surface area contributed by atoms with Gasteiger partial charge in [-0.1, -0.05) is 19.0 Å². The van der Waals surface area contributed by atoms with Gasteiger partial charge in [0, 0.05) is 13.6 Å². The summed E-state index contributed by atoms with van der Waals surface area (Å²) in [6.45, 7) is 5.45. The minimum absolute atomic E-state index is 0.0696. The Labute approximate surface area is 95.7 Å². The zero-order valence-electron chi connectivity index (χ0n) is 10.2. The maximum absolute atomic E-state index is 12.0. The third-order valence-electron chi connectivity index (χ3n) is 2.28. The van der Waals surface area contributed by atoms with E-state index in [-0.39, 0.29) is 24.2 Å². The Morgan fingerprint density at radius 1 is 1.44 bits per heavy atom. The molecule has 0 fully saturated rings. The number of nitrogens with two attached hydrogens (primary N) is 1. The molecule has 16 heavy (non-hydrogen) atoms. The molecule has 0 aliphatic rings. The number of likely N-dealkylation sites (N-methyl/N-ethyl adjacent to an activating group) is 1. The van der Waals surface area contributed by atoms with Crippen LogP contribution >= 0.6 is 0 Å². The van der Waals surface area contributed by atoms with Gasteiger partial charge < -0.3 is 20.9 Å². The van der Waals surface area contributed by atoms with Gasteiger partial charge in [-0.25, -0.2) is 0 Å². The second-order valence-electron chi connectivity index (χ2n) is 4.31. The molecule has 4 N–H and O–H groups in total. The van der Waals surface area contributed by atoms with Crippen LogP contribution in [0.25, 0.3) is 0 Å². The molecule has 0 spiro atoms. The van der Waals surface area contributed by atoms with E-state index in [9.17, 15) is 9.90 Å². The number of nitrogens with zero attached hydrogens (tertiary/aromatic N) is 2. The summed E-state index contributed by atoms with van der Waals surface area (Å²) >= 11 is 0. The Morgan fingerprint density at radius 2 is 1.94 bits per heavy atom. The van der Waals surface area contributed by atoms with Crippen LogP contribution in [0.15, 0.2) is 5.16 Å². The molecule has 1 amide bonds. The summed E-state index contributed by atoms with van der Waals surface area (Å²) in [4.78, 5) is 13.3.